The summed E-state index contributed by atoms with van der Waals surface area (Å²) in [5.74, 6) is 0. The van der Waals surface area contributed by atoms with E-state index in [0.29, 0.717) is 10.7 Å². The molecule has 0 radical (unpaired) electrons. The van der Waals surface area contributed by atoms with Crippen LogP contribution in [-0.4, -0.2) is 4.57 Å². The van der Waals surface area contributed by atoms with Gasteiger partial charge in [0.2, 0.25) is 0 Å². The number of benzene rings is 1. The average molecular weight is 374 g/mol. The lowest BCUT2D eigenvalue weighted by Crippen LogP contribution is -1.98. The monoisotopic (exact) mass is 372 g/mol. The van der Waals surface area contributed by atoms with E-state index in [-0.39, 0.29) is 0 Å². The number of hydrogen-bond acceptors (Lipinski definition) is 1. The highest BCUT2D eigenvalue weighted by Crippen LogP contribution is 2.28. The lowest BCUT2D eigenvalue weighted by atomic mass is 10.2. The van der Waals surface area contributed by atoms with Crippen molar-refractivity contribution in [1.82, 2.24) is 4.57 Å². The van der Waals surface area contributed by atoms with Crippen LogP contribution in [0.3, 0.4) is 0 Å². The van der Waals surface area contributed by atoms with E-state index >= 15 is 0 Å². The fraction of sp³-hybridized carbons (Fsp3) is 0.0833. The Labute approximate surface area is 121 Å². The van der Waals surface area contributed by atoms with Gasteiger partial charge in [-0.25, -0.2) is 0 Å². The van der Waals surface area contributed by atoms with Gasteiger partial charge in [0.15, 0.2) is 0 Å². The van der Waals surface area contributed by atoms with Gasteiger partial charge >= 0.3 is 0 Å². The molecule has 0 amide bonds. The van der Waals surface area contributed by atoms with Crippen molar-refractivity contribution in [3.63, 3.8) is 0 Å². The van der Waals surface area contributed by atoms with E-state index in [1.165, 1.54) is 0 Å². The Morgan fingerprint density at radius 2 is 2.06 bits per heavy atom. The summed E-state index contributed by atoms with van der Waals surface area (Å²) in [4.78, 5) is 0. The summed E-state index contributed by atoms with van der Waals surface area (Å²) in [6, 6.07) is 11.5. The lowest BCUT2D eigenvalue weighted by molar-refractivity contribution is 1.02. The second-order valence-corrected chi connectivity index (χ2v) is 5.19. The highest BCUT2D eigenvalue weighted by molar-refractivity contribution is 9.10. The quantitative estimate of drug-likeness (QED) is 0.703. The van der Waals surface area contributed by atoms with E-state index in [9.17, 15) is 0 Å². The van der Waals surface area contributed by atoms with Crippen LogP contribution in [0.25, 0.3) is 5.69 Å². The van der Waals surface area contributed by atoms with Crippen molar-refractivity contribution in [3.05, 3.63) is 51.2 Å². The molecule has 0 N–H and O–H groups in total. The van der Waals surface area contributed by atoms with Crippen molar-refractivity contribution in [1.29, 1.82) is 5.26 Å². The van der Waals surface area contributed by atoms with E-state index in [2.05, 4.69) is 37.9 Å². The van der Waals surface area contributed by atoms with E-state index in [0.717, 1.165) is 21.2 Å². The first-order valence-corrected chi connectivity index (χ1v) is 7.08. The summed E-state index contributed by atoms with van der Waals surface area (Å²) in [5, 5.41) is 10.4. The Morgan fingerprint density at radius 3 is 2.65 bits per heavy atom. The normalized spacial score (nSPS) is 10.2. The van der Waals surface area contributed by atoms with Crippen LogP contribution in [0, 0.1) is 11.3 Å². The second kappa shape index (κ2) is 5.26. The molecule has 0 unspecified atom stereocenters. The van der Waals surface area contributed by atoms with Crippen LogP contribution in [0.1, 0.15) is 11.3 Å². The van der Waals surface area contributed by atoms with Gasteiger partial charge in [-0.15, -0.1) is 0 Å². The third-order valence-electron chi connectivity index (χ3n) is 2.36. The maximum atomic E-state index is 9.04. The van der Waals surface area contributed by atoms with E-state index in [4.69, 9.17) is 16.9 Å². The number of aromatic nitrogens is 1. The van der Waals surface area contributed by atoms with Crippen molar-refractivity contribution >= 4 is 43.5 Å². The standard InChI is InChI=1S/C12H7Br2ClN2/c13-6-8-1-3-11(10(15)5-8)17-9(7-16)2-4-12(17)14/h1-5H,6H2. The van der Waals surface area contributed by atoms with Crippen LogP contribution in [0.15, 0.2) is 34.9 Å². The summed E-state index contributed by atoms with van der Waals surface area (Å²) in [7, 11) is 0. The van der Waals surface area contributed by atoms with Gasteiger partial charge in [-0.05, 0) is 45.8 Å². The van der Waals surface area contributed by atoms with Gasteiger partial charge in [-0.2, -0.15) is 5.26 Å². The van der Waals surface area contributed by atoms with Crippen LogP contribution in [-0.2, 0) is 5.33 Å². The van der Waals surface area contributed by atoms with Crippen molar-refractivity contribution in [2.75, 3.05) is 0 Å². The first-order valence-electron chi connectivity index (χ1n) is 4.79. The Morgan fingerprint density at radius 1 is 1.29 bits per heavy atom. The van der Waals surface area contributed by atoms with Crippen LogP contribution < -0.4 is 0 Å². The van der Waals surface area contributed by atoms with E-state index in [1.54, 1.807) is 10.6 Å². The molecule has 5 heteroatoms. The van der Waals surface area contributed by atoms with Gasteiger partial charge in [0.05, 0.1) is 15.3 Å². The molecule has 2 rings (SSSR count). The zero-order chi connectivity index (χ0) is 12.4. The fourth-order valence-electron chi connectivity index (χ4n) is 1.56. The topological polar surface area (TPSA) is 28.7 Å². The van der Waals surface area contributed by atoms with Crippen LogP contribution >= 0.6 is 43.5 Å². The molecule has 1 aromatic heterocycles. The molecule has 0 saturated heterocycles. The van der Waals surface area contributed by atoms with Crippen LogP contribution in [0.4, 0.5) is 0 Å². The second-order valence-electron chi connectivity index (χ2n) is 3.41. The van der Waals surface area contributed by atoms with Crippen LogP contribution in [0.5, 0.6) is 0 Å². The molecule has 1 heterocycles. The van der Waals surface area contributed by atoms with E-state index in [1.807, 2.05) is 24.3 Å². The van der Waals surface area contributed by atoms with Crippen molar-refractivity contribution < 1.29 is 0 Å². The molecule has 86 valence electrons. The Hall–Kier alpha value is -0.760. The summed E-state index contributed by atoms with van der Waals surface area (Å²) in [6.07, 6.45) is 0. The number of nitriles is 1. The maximum absolute atomic E-state index is 9.04. The molecular weight excluding hydrogens is 367 g/mol. The first kappa shape index (κ1) is 12.7. The number of nitrogens with zero attached hydrogens (tertiary/aromatic N) is 2. The molecular formula is C12H7Br2ClN2. The molecule has 0 spiro atoms. The lowest BCUT2D eigenvalue weighted by Gasteiger charge is -2.10. The van der Waals surface area contributed by atoms with Crippen molar-refractivity contribution in [2.24, 2.45) is 0 Å². The summed E-state index contributed by atoms with van der Waals surface area (Å²) in [6.45, 7) is 0. The highest BCUT2D eigenvalue weighted by atomic mass is 79.9. The van der Waals surface area contributed by atoms with Gasteiger partial charge in [0, 0.05) is 5.33 Å². The van der Waals surface area contributed by atoms with Crippen molar-refractivity contribution in [2.45, 2.75) is 5.33 Å². The summed E-state index contributed by atoms with van der Waals surface area (Å²) in [5.41, 5.74) is 2.44. The zero-order valence-corrected chi connectivity index (χ0v) is 12.6. The molecule has 2 aromatic rings. The molecule has 2 nitrogen and oxygen atoms in total. The Balaban J connectivity index is 2.61. The van der Waals surface area contributed by atoms with Gasteiger partial charge < -0.3 is 0 Å². The van der Waals surface area contributed by atoms with Gasteiger partial charge in [-0.1, -0.05) is 33.6 Å². The first-order chi connectivity index (χ1) is 8.17. The smallest absolute Gasteiger partial charge is 0.125 e. The number of hydrogen-bond donors (Lipinski definition) is 0. The van der Waals surface area contributed by atoms with Crippen LogP contribution in [0.2, 0.25) is 5.02 Å². The van der Waals surface area contributed by atoms with Gasteiger partial charge in [0.1, 0.15) is 11.8 Å². The Kier molecular flexibility index (Phi) is 3.93. The Bertz CT molecular complexity index is 599. The maximum Gasteiger partial charge on any atom is 0.125 e. The van der Waals surface area contributed by atoms with Gasteiger partial charge in [-0.3, -0.25) is 4.57 Å². The highest BCUT2D eigenvalue weighted by Gasteiger charge is 2.11. The third kappa shape index (κ3) is 2.42. The number of alkyl halides is 1. The largest absolute Gasteiger partial charge is 0.294 e. The molecule has 0 aliphatic carbocycles. The SMILES string of the molecule is N#Cc1ccc(Br)n1-c1ccc(CBr)cc1Cl. The van der Waals surface area contributed by atoms with Gasteiger partial charge in [0.25, 0.3) is 0 Å². The van der Waals surface area contributed by atoms with E-state index < -0.39 is 0 Å². The van der Waals surface area contributed by atoms with Crippen molar-refractivity contribution in [3.8, 4) is 11.8 Å². The summed E-state index contributed by atoms with van der Waals surface area (Å²) < 4.78 is 2.59. The predicted octanol–water partition coefficient (Wildman–Crippen LogP) is 4.66. The molecule has 17 heavy (non-hydrogen) atoms. The molecule has 0 atom stereocenters. The minimum Gasteiger partial charge on any atom is -0.294 e. The third-order valence-corrected chi connectivity index (χ3v) is 3.92. The average Bonchev–Trinajstić information content (AvgIpc) is 2.70. The molecule has 0 saturated carbocycles. The number of rotatable bonds is 2. The predicted molar refractivity (Wildman–Crippen MR) is 75.8 cm³/mol. The minimum absolute atomic E-state index is 0.547. The number of halogens is 3. The molecule has 0 aliphatic heterocycles. The summed E-state index contributed by atoms with van der Waals surface area (Å²) >= 11 is 13.0. The zero-order valence-electron chi connectivity index (χ0n) is 8.62. The molecule has 0 bridgehead atoms. The fourth-order valence-corrected chi connectivity index (χ4v) is 2.71. The minimum atomic E-state index is 0.547. The molecule has 0 aliphatic rings. The molecule has 1 aromatic carbocycles. The molecule has 0 fully saturated rings.